The van der Waals surface area contributed by atoms with Gasteiger partial charge >= 0.3 is 6.18 Å². The maximum atomic E-state index is 13.2. The molecule has 0 atom stereocenters. The maximum Gasteiger partial charge on any atom is 0.416 e. The van der Waals surface area contributed by atoms with Crippen molar-refractivity contribution in [1.82, 2.24) is 5.32 Å². The fourth-order valence-corrected chi connectivity index (χ4v) is 3.86. The van der Waals surface area contributed by atoms with Crippen LogP contribution in [0.3, 0.4) is 0 Å². The summed E-state index contributed by atoms with van der Waals surface area (Å²) in [5.41, 5.74) is 0.419. The molecular weight excluding hydrogens is 411 g/mol. The molecule has 0 amide bonds. The zero-order valence-corrected chi connectivity index (χ0v) is 17.3. The first kappa shape index (κ1) is 22.0. The molecule has 0 unspecified atom stereocenters. The molecule has 1 saturated carbocycles. The van der Waals surface area contributed by atoms with E-state index in [0.29, 0.717) is 11.7 Å². The number of nitrogens with zero attached hydrogens (tertiary/aromatic N) is 2. The summed E-state index contributed by atoms with van der Waals surface area (Å²) in [6.45, 7) is 0. The summed E-state index contributed by atoms with van der Waals surface area (Å²) in [6, 6.07) is 10.8. The van der Waals surface area contributed by atoms with Gasteiger partial charge in [0, 0.05) is 0 Å². The van der Waals surface area contributed by atoms with Gasteiger partial charge in [-0.25, -0.2) is 4.99 Å². The van der Waals surface area contributed by atoms with E-state index in [1.165, 1.54) is 43.7 Å². The maximum absolute atomic E-state index is 13.2. The minimum absolute atomic E-state index is 0.00622. The average molecular weight is 433 g/mol. The van der Waals surface area contributed by atoms with Crippen molar-refractivity contribution in [2.45, 2.75) is 44.2 Å². The molecule has 1 aliphatic rings. The lowest BCUT2D eigenvalue weighted by atomic mass is 9.84. The number of hydrogen-bond donors (Lipinski definition) is 1. The first-order valence-corrected chi connectivity index (χ1v) is 10.9. The van der Waals surface area contributed by atoms with Crippen LogP contribution in [0.2, 0.25) is 0 Å². The Hall–Kier alpha value is -2.66. The number of benzene rings is 2. The van der Waals surface area contributed by atoms with Crippen molar-refractivity contribution in [2.75, 3.05) is 6.26 Å². The molecule has 158 valence electrons. The third-order valence-electron chi connectivity index (χ3n) is 5.05. The lowest BCUT2D eigenvalue weighted by molar-refractivity contribution is -0.137. The molecule has 2 aromatic carbocycles. The average Bonchev–Trinajstić information content (AvgIpc) is 2.75. The van der Waals surface area contributed by atoms with Gasteiger partial charge in [-0.15, -0.1) is 0 Å². The molecule has 8 heteroatoms. The summed E-state index contributed by atoms with van der Waals surface area (Å²) in [5, 5.41) is 11.3. The highest BCUT2D eigenvalue weighted by molar-refractivity contribution is 8.13. The molecule has 30 heavy (non-hydrogen) atoms. The summed E-state index contributed by atoms with van der Waals surface area (Å²) in [7, 11) is 0. The van der Waals surface area contributed by atoms with E-state index in [2.05, 4.69) is 10.3 Å². The lowest BCUT2D eigenvalue weighted by Gasteiger charge is -2.22. The summed E-state index contributed by atoms with van der Waals surface area (Å²) >= 11 is 1.12. The number of rotatable bonds is 4. The summed E-state index contributed by atoms with van der Waals surface area (Å²) in [4.78, 5) is 4.15. The normalized spacial score (nSPS) is 15.5. The van der Waals surface area contributed by atoms with Gasteiger partial charge in [-0.2, -0.15) is 18.4 Å². The van der Waals surface area contributed by atoms with Crippen molar-refractivity contribution in [3.8, 4) is 17.7 Å². The van der Waals surface area contributed by atoms with E-state index in [-0.39, 0.29) is 16.6 Å². The highest BCUT2D eigenvalue weighted by Crippen LogP contribution is 2.39. The molecule has 0 bridgehead atoms. The van der Waals surface area contributed by atoms with E-state index in [1.54, 1.807) is 12.4 Å². The van der Waals surface area contributed by atoms with Gasteiger partial charge < -0.3 is 4.74 Å². The van der Waals surface area contributed by atoms with Gasteiger partial charge in [0.1, 0.15) is 11.4 Å². The molecule has 0 aromatic heterocycles. The second-order valence-corrected chi connectivity index (χ2v) is 7.84. The fourth-order valence-electron chi connectivity index (χ4n) is 3.52. The Labute approximate surface area is 178 Å². The molecule has 1 fully saturated rings. The van der Waals surface area contributed by atoms with Crippen LogP contribution in [0.5, 0.6) is 11.5 Å². The zero-order valence-electron chi connectivity index (χ0n) is 16.5. The molecule has 1 N–H and O–H groups in total. The molecule has 4 nitrogen and oxygen atoms in total. The van der Waals surface area contributed by atoms with Crippen LogP contribution in [0.15, 0.2) is 47.5 Å². The number of halogens is 3. The number of alkyl halides is 3. The van der Waals surface area contributed by atoms with Crippen LogP contribution < -0.4 is 10.1 Å². The van der Waals surface area contributed by atoms with Crippen LogP contribution in [-0.4, -0.2) is 11.4 Å². The van der Waals surface area contributed by atoms with Crippen LogP contribution in [0, 0.1) is 11.5 Å². The third-order valence-corrected chi connectivity index (χ3v) is 5.63. The van der Waals surface area contributed by atoms with Crippen molar-refractivity contribution >= 4 is 22.6 Å². The molecule has 0 aliphatic heterocycles. The predicted octanol–water partition coefficient (Wildman–Crippen LogP) is 6.97. The summed E-state index contributed by atoms with van der Waals surface area (Å²) < 4.78 is 45.3. The quantitative estimate of drug-likeness (QED) is 0.245. The fraction of sp³-hybridized carbons (Fsp3) is 0.364. The van der Waals surface area contributed by atoms with Gasteiger partial charge in [-0.05, 0) is 60.9 Å². The van der Waals surface area contributed by atoms with Crippen molar-refractivity contribution in [3.05, 3.63) is 53.6 Å². The van der Waals surface area contributed by atoms with Crippen LogP contribution in [0.4, 0.5) is 18.9 Å². The molecule has 0 radical (unpaired) electrons. The van der Waals surface area contributed by atoms with Crippen molar-refractivity contribution < 1.29 is 17.9 Å². The Balaban J connectivity index is 1.88. The molecule has 0 spiro atoms. The standard InChI is InChI=1S/C22H22F3N3OS/c1-30-21(27-14-26)28-19-13-17(22(23,24)25)9-12-20(19)29-18-10-7-16(8-11-18)15-5-3-2-4-6-15/h7-13,15H,2-6H2,1H3,(H,27,28). The van der Waals surface area contributed by atoms with Crippen molar-refractivity contribution in [3.63, 3.8) is 0 Å². The Bertz CT molecular complexity index is 930. The zero-order chi connectivity index (χ0) is 21.6. The molecule has 3 rings (SSSR count). The number of aliphatic imine (C=N–C) groups is 1. The first-order chi connectivity index (χ1) is 14.4. The van der Waals surface area contributed by atoms with Gasteiger partial charge in [-0.3, -0.25) is 5.32 Å². The topological polar surface area (TPSA) is 57.4 Å². The lowest BCUT2D eigenvalue weighted by Crippen LogP contribution is -2.12. The second kappa shape index (κ2) is 9.90. The highest BCUT2D eigenvalue weighted by atomic mass is 32.2. The van der Waals surface area contributed by atoms with E-state index in [0.717, 1.165) is 23.9 Å². The SMILES string of the molecule is CSC(=Nc1cc(C(F)(F)F)ccc1Oc1ccc(C2CCCCC2)cc1)NC#N. The minimum Gasteiger partial charge on any atom is -0.455 e. The largest absolute Gasteiger partial charge is 0.455 e. The summed E-state index contributed by atoms with van der Waals surface area (Å²) in [5.74, 6) is 1.25. The number of ether oxygens (including phenoxy) is 1. The highest BCUT2D eigenvalue weighted by Gasteiger charge is 2.31. The summed E-state index contributed by atoms with van der Waals surface area (Å²) in [6.07, 6.45) is 5.02. The van der Waals surface area contributed by atoms with Crippen molar-refractivity contribution in [2.24, 2.45) is 4.99 Å². The van der Waals surface area contributed by atoms with Gasteiger partial charge in [-0.1, -0.05) is 43.2 Å². The van der Waals surface area contributed by atoms with Crippen molar-refractivity contribution in [1.29, 1.82) is 5.26 Å². The number of thioether (sulfide) groups is 1. The first-order valence-electron chi connectivity index (χ1n) is 9.67. The number of nitriles is 1. The molecule has 1 aliphatic carbocycles. The Morgan fingerprint density at radius 3 is 2.43 bits per heavy atom. The van der Waals surface area contributed by atoms with Gasteiger partial charge in [0.25, 0.3) is 0 Å². The van der Waals surface area contributed by atoms with Crippen LogP contribution >= 0.6 is 11.8 Å². The molecule has 2 aromatic rings. The van der Waals surface area contributed by atoms with E-state index in [9.17, 15) is 13.2 Å². The number of nitrogens with one attached hydrogen (secondary N) is 1. The predicted molar refractivity (Wildman–Crippen MR) is 113 cm³/mol. The van der Waals surface area contributed by atoms with E-state index < -0.39 is 11.7 Å². The Morgan fingerprint density at radius 2 is 1.83 bits per heavy atom. The van der Waals surface area contributed by atoms with Gasteiger partial charge in [0.05, 0.1) is 5.56 Å². The Kier molecular flexibility index (Phi) is 7.27. The van der Waals surface area contributed by atoms with Gasteiger partial charge in [0.15, 0.2) is 17.1 Å². The van der Waals surface area contributed by atoms with Gasteiger partial charge in [0.2, 0.25) is 0 Å². The smallest absolute Gasteiger partial charge is 0.416 e. The monoisotopic (exact) mass is 433 g/mol. The van der Waals surface area contributed by atoms with E-state index in [4.69, 9.17) is 10.00 Å². The van der Waals surface area contributed by atoms with Crippen LogP contribution in [0.1, 0.15) is 49.1 Å². The van der Waals surface area contributed by atoms with E-state index >= 15 is 0 Å². The number of hydrogen-bond acceptors (Lipinski definition) is 4. The number of amidine groups is 1. The van der Waals surface area contributed by atoms with E-state index in [1.807, 2.05) is 24.3 Å². The van der Waals surface area contributed by atoms with Crippen LogP contribution in [-0.2, 0) is 6.18 Å². The molecule has 0 heterocycles. The minimum atomic E-state index is -4.51. The third kappa shape index (κ3) is 5.70. The van der Waals surface area contributed by atoms with Crippen LogP contribution in [0.25, 0.3) is 0 Å². The molecular formula is C22H22F3N3OS. The Morgan fingerprint density at radius 1 is 1.13 bits per heavy atom. The second-order valence-electron chi connectivity index (χ2n) is 7.04. The molecule has 0 saturated heterocycles.